The highest BCUT2D eigenvalue weighted by Crippen LogP contribution is 2.40. The molecule has 1 atom stereocenters. The van der Waals surface area contributed by atoms with Crippen molar-refractivity contribution in [1.82, 2.24) is 14.8 Å². The minimum atomic E-state index is -0.382. The van der Waals surface area contributed by atoms with E-state index in [1.165, 1.54) is 0 Å². The molecule has 3 rings (SSSR count). The largest absolute Gasteiger partial charge is 0.342 e. The maximum atomic E-state index is 12.4. The van der Waals surface area contributed by atoms with Crippen LogP contribution in [-0.4, -0.2) is 58.8 Å². The van der Waals surface area contributed by atoms with Crippen LogP contribution in [0.2, 0.25) is 0 Å². The van der Waals surface area contributed by atoms with Crippen LogP contribution in [-0.2, 0) is 16.0 Å². The van der Waals surface area contributed by atoms with Crippen LogP contribution >= 0.6 is 24.8 Å². The standard InChI is InChI=1S/C20H30N4O2.2ClH/c1-2-17(21)19(26)23-12-8-20(9-13-23)7-5-18(25)24(15-20)11-6-16-4-3-10-22-14-16;;/h3-4,10,14,17H,2,5-9,11-13,15,21H2,1H3;2*1H/t17-;;/m0../s1. The van der Waals surface area contributed by atoms with Gasteiger partial charge in [-0.05, 0) is 49.1 Å². The molecule has 1 spiro atoms. The maximum absolute atomic E-state index is 12.4. The Morgan fingerprint density at radius 2 is 2.00 bits per heavy atom. The Bertz CT molecular complexity index is 636. The summed E-state index contributed by atoms with van der Waals surface area (Å²) < 4.78 is 0. The smallest absolute Gasteiger partial charge is 0.239 e. The Balaban J connectivity index is 0.00000196. The SMILES string of the molecule is CC[C@H](N)C(=O)N1CCC2(CCC(=O)N(CCc3cccnc3)C2)CC1.Cl.Cl. The number of rotatable bonds is 5. The summed E-state index contributed by atoms with van der Waals surface area (Å²) in [5.74, 6) is 0.327. The Kier molecular flexibility index (Phi) is 9.67. The minimum absolute atomic E-state index is 0. The number of halogens is 2. The van der Waals surface area contributed by atoms with Crippen LogP contribution in [0.4, 0.5) is 0 Å². The van der Waals surface area contributed by atoms with Crippen molar-refractivity contribution in [3.8, 4) is 0 Å². The average Bonchev–Trinajstić information content (AvgIpc) is 2.69. The number of hydrogen-bond acceptors (Lipinski definition) is 4. The number of carbonyl (C=O) groups is 2. The Morgan fingerprint density at radius 1 is 1.29 bits per heavy atom. The van der Waals surface area contributed by atoms with Gasteiger partial charge in [0.05, 0.1) is 6.04 Å². The third kappa shape index (κ3) is 5.82. The van der Waals surface area contributed by atoms with Gasteiger partial charge in [0.1, 0.15) is 0 Å². The molecule has 0 unspecified atom stereocenters. The molecule has 28 heavy (non-hydrogen) atoms. The number of nitrogens with two attached hydrogens (primary N) is 1. The van der Waals surface area contributed by atoms with E-state index in [0.717, 1.165) is 57.4 Å². The van der Waals surface area contributed by atoms with Crippen LogP contribution in [0.25, 0.3) is 0 Å². The molecule has 3 heterocycles. The van der Waals surface area contributed by atoms with E-state index in [4.69, 9.17) is 5.73 Å². The number of pyridine rings is 1. The highest BCUT2D eigenvalue weighted by atomic mass is 35.5. The molecule has 0 aromatic carbocycles. The van der Waals surface area contributed by atoms with Crippen molar-refractivity contribution in [1.29, 1.82) is 0 Å². The van der Waals surface area contributed by atoms with Gasteiger partial charge in [-0.15, -0.1) is 24.8 Å². The third-order valence-electron chi connectivity index (χ3n) is 6.03. The molecule has 2 aliphatic rings. The van der Waals surface area contributed by atoms with Crippen LogP contribution in [0.5, 0.6) is 0 Å². The van der Waals surface area contributed by atoms with Gasteiger partial charge in [-0.3, -0.25) is 14.6 Å². The van der Waals surface area contributed by atoms with Crippen molar-refractivity contribution in [3.05, 3.63) is 30.1 Å². The van der Waals surface area contributed by atoms with Gasteiger partial charge >= 0.3 is 0 Å². The molecular formula is C20H32Cl2N4O2. The molecule has 0 saturated carbocycles. The summed E-state index contributed by atoms with van der Waals surface area (Å²) in [6.45, 7) is 5.03. The lowest BCUT2D eigenvalue weighted by molar-refractivity contribution is -0.143. The second-order valence-electron chi connectivity index (χ2n) is 7.77. The minimum Gasteiger partial charge on any atom is -0.342 e. The predicted octanol–water partition coefficient (Wildman–Crippen LogP) is 2.44. The lowest BCUT2D eigenvalue weighted by Gasteiger charge is -2.47. The molecule has 2 N–H and O–H groups in total. The van der Waals surface area contributed by atoms with Crippen molar-refractivity contribution >= 4 is 36.6 Å². The van der Waals surface area contributed by atoms with Crippen molar-refractivity contribution in [2.45, 2.75) is 51.5 Å². The van der Waals surface area contributed by atoms with Crippen molar-refractivity contribution < 1.29 is 9.59 Å². The van der Waals surface area contributed by atoms with E-state index in [1.807, 2.05) is 29.0 Å². The van der Waals surface area contributed by atoms with Gasteiger partial charge in [0, 0.05) is 45.0 Å². The van der Waals surface area contributed by atoms with Crippen LogP contribution in [0.3, 0.4) is 0 Å². The van der Waals surface area contributed by atoms with E-state index in [0.29, 0.717) is 12.8 Å². The van der Waals surface area contributed by atoms with E-state index in [1.54, 1.807) is 6.20 Å². The molecule has 2 aliphatic heterocycles. The van der Waals surface area contributed by atoms with Crippen LogP contribution in [0.1, 0.15) is 44.6 Å². The first-order chi connectivity index (χ1) is 12.5. The molecule has 2 fully saturated rings. The molecule has 0 aliphatic carbocycles. The number of carbonyl (C=O) groups excluding carboxylic acids is 2. The summed E-state index contributed by atoms with van der Waals surface area (Å²) in [5, 5.41) is 0. The first-order valence-corrected chi connectivity index (χ1v) is 9.74. The van der Waals surface area contributed by atoms with Gasteiger partial charge < -0.3 is 15.5 Å². The zero-order valence-electron chi connectivity index (χ0n) is 16.5. The third-order valence-corrected chi connectivity index (χ3v) is 6.03. The predicted molar refractivity (Wildman–Crippen MR) is 115 cm³/mol. The summed E-state index contributed by atoms with van der Waals surface area (Å²) >= 11 is 0. The van der Waals surface area contributed by atoms with E-state index >= 15 is 0 Å². The Hall–Kier alpha value is -1.37. The topological polar surface area (TPSA) is 79.5 Å². The van der Waals surface area contributed by atoms with Gasteiger partial charge in [-0.25, -0.2) is 0 Å². The number of hydrogen-bond donors (Lipinski definition) is 1. The lowest BCUT2D eigenvalue weighted by atomic mass is 9.72. The van der Waals surface area contributed by atoms with Crippen molar-refractivity contribution in [3.63, 3.8) is 0 Å². The number of piperidine rings is 2. The highest BCUT2D eigenvalue weighted by molar-refractivity contribution is 5.85. The van der Waals surface area contributed by atoms with E-state index in [2.05, 4.69) is 11.1 Å². The van der Waals surface area contributed by atoms with Gasteiger partial charge in [0.2, 0.25) is 11.8 Å². The number of nitrogens with zero attached hydrogens (tertiary/aromatic N) is 3. The van der Waals surface area contributed by atoms with E-state index in [9.17, 15) is 9.59 Å². The zero-order chi connectivity index (χ0) is 18.6. The fraction of sp³-hybridized carbons (Fsp3) is 0.650. The molecule has 0 bridgehead atoms. The highest BCUT2D eigenvalue weighted by Gasteiger charge is 2.41. The number of aromatic nitrogens is 1. The van der Waals surface area contributed by atoms with E-state index in [-0.39, 0.29) is 48.1 Å². The number of amides is 2. The molecule has 0 radical (unpaired) electrons. The summed E-state index contributed by atoms with van der Waals surface area (Å²) in [7, 11) is 0. The van der Waals surface area contributed by atoms with Crippen LogP contribution in [0.15, 0.2) is 24.5 Å². The Morgan fingerprint density at radius 3 is 2.61 bits per heavy atom. The lowest BCUT2D eigenvalue weighted by Crippen LogP contribution is -2.54. The fourth-order valence-corrected chi connectivity index (χ4v) is 4.13. The average molecular weight is 431 g/mol. The van der Waals surface area contributed by atoms with E-state index < -0.39 is 0 Å². The Labute approximate surface area is 180 Å². The zero-order valence-corrected chi connectivity index (χ0v) is 18.1. The molecule has 1 aromatic rings. The molecule has 6 nitrogen and oxygen atoms in total. The van der Waals surface area contributed by atoms with Crippen LogP contribution < -0.4 is 5.73 Å². The quantitative estimate of drug-likeness (QED) is 0.777. The molecular weight excluding hydrogens is 399 g/mol. The first-order valence-electron chi connectivity index (χ1n) is 9.74. The summed E-state index contributed by atoms with van der Waals surface area (Å²) in [6.07, 6.45) is 8.64. The van der Waals surface area contributed by atoms with Gasteiger partial charge in [-0.1, -0.05) is 13.0 Å². The second kappa shape index (κ2) is 11.0. The molecule has 158 valence electrons. The van der Waals surface area contributed by atoms with Crippen molar-refractivity contribution in [2.24, 2.45) is 11.1 Å². The fourth-order valence-electron chi connectivity index (χ4n) is 4.13. The second-order valence-corrected chi connectivity index (χ2v) is 7.77. The summed E-state index contributed by atoms with van der Waals surface area (Å²) in [4.78, 5) is 32.8. The molecule has 8 heteroatoms. The molecule has 2 saturated heterocycles. The molecule has 1 aromatic heterocycles. The van der Waals surface area contributed by atoms with Gasteiger partial charge in [-0.2, -0.15) is 0 Å². The monoisotopic (exact) mass is 430 g/mol. The summed E-state index contributed by atoms with van der Waals surface area (Å²) in [5.41, 5.74) is 7.23. The van der Waals surface area contributed by atoms with Gasteiger partial charge in [0.15, 0.2) is 0 Å². The number of likely N-dealkylation sites (tertiary alicyclic amines) is 2. The van der Waals surface area contributed by atoms with Crippen molar-refractivity contribution in [2.75, 3.05) is 26.2 Å². The van der Waals surface area contributed by atoms with Crippen LogP contribution in [0, 0.1) is 5.41 Å². The normalized spacial score (nSPS) is 19.6. The molecule has 2 amide bonds. The first kappa shape index (κ1) is 24.7. The maximum Gasteiger partial charge on any atom is 0.239 e. The van der Waals surface area contributed by atoms with Gasteiger partial charge in [0.25, 0.3) is 0 Å². The summed E-state index contributed by atoms with van der Waals surface area (Å²) in [6, 6.07) is 3.61.